The Morgan fingerprint density at radius 2 is 2.26 bits per heavy atom. The van der Waals surface area contributed by atoms with Crippen molar-refractivity contribution in [1.82, 2.24) is 9.97 Å². The Kier molecular flexibility index (Phi) is 5.76. The number of aliphatic hydroxyl groups is 1. The van der Waals surface area contributed by atoms with Gasteiger partial charge in [-0.2, -0.15) is 4.98 Å². The summed E-state index contributed by atoms with van der Waals surface area (Å²) in [5.41, 5.74) is 5.69. The number of aliphatic hydroxyl groups excluding tert-OH is 1. The standard InChI is InChI=1S/C16H27N5O2/c1-4-10(3)19-16-18-8-12(14(17)23)15(21-16)20-11-6-5-9(2)13(22)7-11/h8-11,13,22H,4-7H2,1-3H3,(H2,17,23)(H2,18,19,20,21)/t9-,10-,11-,13-/m1/s1. The molecule has 0 unspecified atom stereocenters. The summed E-state index contributed by atoms with van der Waals surface area (Å²) in [6.07, 6.45) is 4.55. The minimum Gasteiger partial charge on any atom is -0.393 e. The lowest BCUT2D eigenvalue weighted by Gasteiger charge is -2.32. The van der Waals surface area contributed by atoms with Crippen LogP contribution >= 0.6 is 0 Å². The van der Waals surface area contributed by atoms with Gasteiger partial charge >= 0.3 is 0 Å². The van der Waals surface area contributed by atoms with Crippen molar-refractivity contribution in [3.8, 4) is 0 Å². The molecule has 1 saturated carbocycles. The lowest BCUT2D eigenvalue weighted by atomic mass is 9.85. The molecule has 0 saturated heterocycles. The average molecular weight is 321 g/mol. The lowest BCUT2D eigenvalue weighted by molar-refractivity contribution is 0.0739. The molecule has 0 bridgehead atoms. The normalized spacial score (nSPS) is 25.7. The zero-order valence-electron chi connectivity index (χ0n) is 14.0. The number of anilines is 2. The molecule has 1 heterocycles. The predicted molar refractivity (Wildman–Crippen MR) is 90.4 cm³/mol. The summed E-state index contributed by atoms with van der Waals surface area (Å²) in [5.74, 6) is 0.644. The minimum atomic E-state index is -0.563. The summed E-state index contributed by atoms with van der Waals surface area (Å²) in [6, 6.07) is 0.310. The van der Waals surface area contributed by atoms with Crippen LogP contribution in [0.3, 0.4) is 0 Å². The molecule has 1 aromatic heterocycles. The maximum Gasteiger partial charge on any atom is 0.254 e. The zero-order valence-corrected chi connectivity index (χ0v) is 14.0. The summed E-state index contributed by atoms with van der Waals surface area (Å²) in [7, 11) is 0. The monoisotopic (exact) mass is 321 g/mol. The van der Waals surface area contributed by atoms with Gasteiger partial charge in [0.05, 0.1) is 11.7 Å². The number of amides is 1. The first-order chi connectivity index (χ1) is 10.9. The molecule has 1 aliphatic carbocycles. The Balaban J connectivity index is 2.17. The van der Waals surface area contributed by atoms with E-state index in [1.807, 2.05) is 6.92 Å². The van der Waals surface area contributed by atoms with Crippen molar-refractivity contribution in [3.05, 3.63) is 11.8 Å². The van der Waals surface area contributed by atoms with E-state index >= 15 is 0 Å². The van der Waals surface area contributed by atoms with Crippen LogP contribution in [0.2, 0.25) is 0 Å². The molecule has 0 radical (unpaired) electrons. The topological polar surface area (TPSA) is 113 Å². The fourth-order valence-corrected chi connectivity index (χ4v) is 2.69. The first-order valence-electron chi connectivity index (χ1n) is 8.28. The number of primary amides is 1. The number of aromatic nitrogens is 2. The number of hydrogen-bond donors (Lipinski definition) is 4. The molecule has 0 spiro atoms. The fraction of sp³-hybridized carbons (Fsp3) is 0.688. The number of hydrogen-bond acceptors (Lipinski definition) is 6. The third-order valence-electron chi connectivity index (χ3n) is 4.54. The molecule has 1 amide bonds. The molecule has 1 fully saturated rings. The van der Waals surface area contributed by atoms with Gasteiger partial charge in [0.25, 0.3) is 5.91 Å². The fourth-order valence-electron chi connectivity index (χ4n) is 2.69. The van der Waals surface area contributed by atoms with Crippen molar-refractivity contribution in [2.45, 2.75) is 64.6 Å². The van der Waals surface area contributed by atoms with Crippen LogP contribution in [-0.2, 0) is 0 Å². The highest BCUT2D eigenvalue weighted by Crippen LogP contribution is 2.27. The van der Waals surface area contributed by atoms with E-state index in [0.29, 0.717) is 24.1 Å². The van der Waals surface area contributed by atoms with Crippen LogP contribution in [0.15, 0.2) is 6.20 Å². The molecule has 1 aliphatic rings. The van der Waals surface area contributed by atoms with Crippen molar-refractivity contribution in [2.75, 3.05) is 10.6 Å². The van der Waals surface area contributed by atoms with Gasteiger partial charge in [0.15, 0.2) is 0 Å². The molecule has 128 valence electrons. The Bertz CT molecular complexity index is 551. The van der Waals surface area contributed by atoms with Crippen molar-refractivity contribution in [2.24, 2.45) is 11.7 Å². The summed E-state index contributed by atoms with van der Waals surface area (Å²) in [5, 5.41) is 16.5. The molecule has 7 heteroatoms. The van der Waals surface area contributed by atoms with Gasteiger partial charge in [0, 0.05) is 18.3 Å². The second-order valence-corrected chi connectivity index (χ2v) is 6.47. The summed E-state index contributed by atoms with van der Waals surface area (Å²) < 4.78 is 0. The van der Waals surface area contributed by atoms with Crippen LogP contribution in [0, 0.1) is 5.92 Å². The lowest BCUT2D eigenvalue weighted by Crippen LogP contribution is -2.35. The van der Waals surface area contributed by atoms with E-state index in [-0.39, 0.29) is 23.8 Å². The highest BCUT2D eigenvalue weighted by atomic mass is 16.3. The number of carbonyl (C=O) groups is 1. The van der Waals surface area contributed by atoms with Crippen LogP contribution in [-0.4, -0.2) is 39.2 Å². The van der Waals surface area contributed by atoms with Gasteiger partial charge in [0.1, 0.15) is 5.82 Å². The van der Waals surface area contributed by atoms with Gasteiger partial charge in [-0.1, -0.05) is 13.8 Å². The first kappa shape index (κ1) is 17.5. The molecular weight excluding hydrogens is 294 g/mol. The Hall–Kier alpha value is -1.89. The number of carbonyl (C=O) groups excluding carboxylic acids is 1. The first-order valence-corrected chi connectivity index (χ1v) is 8.28. The Morgan fingerprint density at radius 1 is 1.52 bits per heavy atom. The molecule has 23 heavy (non-hydrogen) atoms. The van der Waals surface area contributed by atoms with E-state index in [0.717, 1.165) is 19.3 Å². The van der Waals surface area contributed by atoms with Crippen molar-refractivity contribution >= 4 is 17.7 Å². The van der Waals surface area contributed by atoms with E-state index in [4.69, 9.17) is 5.73 Å². The average Bonchev–Trinajstić information content (AvgIpc) is 2.50. The largest absolute Gasteiger partial charge is 0.393 e. The third-order valence-corrected chi connectivity index (χ3v) is 4.54. The Labute approximate surface area is 137 Å². The number of nitrogens with two attached hydrogens (primary N) is 1. The minimum absolute atomic E-state index is 0.0747. The Morgan fingerprint density at radius 3 is 2.87 bits per heavy atom. The molecule has 0 aromatic carbocycles. The number of nitrogens with one attached hydrogen (secondary N) is 2. The van der Waals surface area contributed by atoms with Crippen molar-refractivity contribution < 1.29 is 9.90 Å². The summed E-state index contributed by atoms with van der Waals surface area (Å²) in [4.78, 5) is 20.2. The maximum absolute atomic E-state index is 11.6. The smallest absolute Gasteiger partial charge is 0.254 e. The van der Waals surface area contributed by atoms with Crippen LogP contribution in [0.25, 0.3) is 0 Å². The molecule has 2 rings (SSSR count). The van der Waals surface area contributed by atoms with Crippen LogP contribution in [0.1, 0.15) is 56.8 Å². The molecular formula is C16H27N5O2. The SMILES string of the molecule is CC[C@@H](C)Nc1ncc(C(N)=O)c(N[C@@H]2CC[C@@H](C)[C@H](O)C2)n1. The molecule has 4 atom stereocenters. The van der Waals surface area contributed by atoms with E-state index in [1.54, 1.807) is 0 Å². The van der Waals surface area contributed by atoms with Gasteiger partial charge in [0.2, 0.25) is 5.95 Å². The van der Waals surface area contributed by atoms with Crippen LogP contribution < -0.4 is 16.4 Å². The van der Waals surface area contributed by atoms with Gasteiger partial charge in [-0.05, 0) is 38.5 Å². The van der Waals surface area contributed by atoms with E-state index in [2.05, 4.69) is 34.4 Å². The van der Waals surface area contributed by atoms with Gasteiger partial charge < -0.3 is 21.5 Å². The van der Waals surface area contributed by atoms with Crippen LogP contribution in [0.4, 0.5) is 11.8 Å². The number of rotatable bonds is 6. The maximum atomic E-state index is 11.6. The predicted octanol–water partition coefficient (Wildman–Crippen LogP) is 1.75. The van der Waals surface area contributed by atoms with Crippen molar-refractivity contribution in [3.63, 3.8) is 0 Å². The third kappa shape index (κ3) is 4.54. The zero-order chi connectivity index (χ0) is 17.0. The van der Waals surface area contributed by atoms with Crippen LogP contribution in [0.5, 0.6) is 0 Å². The highest BCUT2D eigenvalue weighted by molar-refractivity contribution is 5.97. The second-order valence-electron chi connectivity index (χ2n) is 6.47. The van der Waals surface area contributed by atoms with Gasteiger partial charge in [-0.15, -0.1) is 0 Å². The molecule has 7 nitrogen and oxygen atoms in total. The second kappa shape index (κ2) is 7.59. The summed E-state index contributed by atoms with van der Waals surface area (Å²) in [6.45, 7) is 6.16. The molecule has 1 aromatic rings. The number of nitrogens with zero attached hydrogens (tertiary/aromatic N) is 2. The summed E-state index contributed by atoms with van der Waals surface area (Å²) >= 11 is 0. The molecule has 5 N–H and O–H groups in total. The quantitative estimate of drug-likeness (QED) is 0.635. The molecule has 0 aliphatic heterocycles. The van der Waals surface area contributed by atoms with Gasteiger partial charge in [-0.25, -0.2) is 4.98 Å². The van der Waals surface area contributed by atoms with E-state index in [1.165, 1.54) is 6.20 Å². The highest BCUT2D eigenvalue weighted by Gasteiger charge is 2.27. The van der Waals surface area contributed by atoms with E-state index in [9.17, 15) is 9.90 Å². The van der Waals surface area contributed by atoms with E-state index < -0.39 is 5.91 Å². The van der Waals surface area contributed by atoms with Crippen molar-refractivity contribution in [1.29, 1.82) is 0 Å². The van der Waals surface area contributed by atoms with Gasteiger partial charge in [-0.3, -0.25) is 4.79 Å².